The fourth-order valence-electron chi connectivity index (χ4n) is 2.18. The highest BCUT2D eigenvalue weighted by atomic mass is 16.7. The van der Waals surface area contributed by atoms with E-state index in [0.717, 1.165) is 23.5 Å². The van der Waals surface area contributed by atoms with E-state index < -0.39 is 0 Å². The van der Waals surface area contributed by atoms with Crippen LogP contribution in [-0.4, -0.2) is 27.3 Å². The van der Waals surface area contributed by atoms with Crippen molar-refractivity contribution in [1.29, 1.82) is 0 Å². The molecule has 0 amide bonds. The number of benzene rings is 2. The second kappa shape index (κ2) is 6.39. The molecule has 0 atom stereocenters. The van der Waals surface area contributed by atoms with E-state index in [0.29, 0.717) is 17.1 Å². The van der Waals surface area contributed by atoms with Gasteiger partial charge in [-0.1, -0.05) is 19.1 Å². The number of hydrogen-bond donors (Lipinski definition) is 0. The molecule has 20 heavy (non-hydrogen) atoms. The third-order valence-electron chi connectivity index (χ3n) is 3.23. The maximum atomic E-state index is 11.2. The lowest BCUT2D eigenvalue weighted by Gasteiger charge is -2.15. The van der Waals surface area contributed by atoms with Crippen molar-refractivity contribution in [2.45, 2.75) is 13.3 Å². The summed E-state index contributed by atoms with van der Waals surface area (Å²) in [5, 5.41) is 1.71. The van der Waals surface area contributed by atoms with Gasteiger partial charge in [0, 0.05) is 18.1 Å². The number of carbonyl (C=O) groups excluding carboxylic acids is 1. The zero-order valence-corrected chi connectivity index (χ0v) is 11.9. The molecule has 2 aromatic carbocycles. The average molecular weight is 274 g/mol. The monoisotopic (exact) mass is 274 g/mol. The first-order valence-corrected chi connectivity index (χ1v) is 6.45. The Bertz CT molecular complexity index is 619. The molecule has 2 aromatic rings. The molecule has 0 heterocycles. The van der Waals surface area contributed by atoms with Crippen LogP contribution >= 0.6 is 0 Å². The van der Waals surface area contributed by atoms with Crippen LogP contribution in [0.2, 0.25) is 0 Å². The summed E-state index contributed by atoms with van der Waals surface area (Å²) < 4.78 is 15.9. The molecule has 106 valence electrons. The topological polar surface area (TPSA) is 44.8 Å². The van der Waals surface area contributed by atoms with Crippen molar-refractivity contribution in [3.05, 3.63) is 35.4 Å². The van der Waals surface area contributed by atoms with Crippen LogP contribution in [0.5, 0.6) is 11.5 Å². The lowest BCUT2D eigenvalue weighted by Crippen LogP contribution is -2.02. The first kappa shape index (κ1) is 14.3. The van der Waals surface area contributed by atoms with E-state index in [1.165, 1.54) is 5.56 Å². The molecule has 0 saturated carbocycles. The van der Waals surface area contributed by atoms with Crippen molar-refractivity contribution >= 4 is 17.1 Å². The van der Waals surface area contributed by atoms with Gasteiger partial charge in [-0.05, 0) is 29.5 Å². The predicted octanol–water partition coefficient (Wildman–Crippen LogP) is 3.21. The van der Waals surface area contributed by atoms with Gasteiger partial charge in [-0.15, -0.1) is 0 Å². The fraction of sp³-hybridized carbons (Fsp3) is 0.312. The number of ether oxygens (including phenoxy) is 3. The summed E-state index contributed by atoms with van der Waals surface area (Å²) in [6, 6.07) is 7.67. The van der Waals surface area contributed by atoms with Crippen molar-refractivity contribution in [1.82, 2.24) is 0 Å². The molecule has 2 rings (SSSR count). The maximum Gasteiger partial charge on any atom is 0.188 e. The van der Waals surface area contributed by atoms with Crippen molar-refractivity contribution < 1.29 is 19.0 Å². The zero-order valence-electron chi connectivity index (χ0n) is 11.9. The second-order valence-corrected chi connectivity index (χ2v) is 4.40. The van der Waals surface area contributed by atoms with E-state index in [1.807, 2.05) is 18.2 Å². The van der Waals surface area contributed by atoms with Crippen molar-refractivity contribution in [3.8, 4) is 11.5 Å². The van der Waals surface area contributed by atoms with E-state index in [-0.39, 0.29) is 6.79 Å². The fourth-order valence-corrected chi connectivity index (χ4v) is 2.18. The summed E-state index contributed by atoms with van der Waals surface area (Å²) >= 11 is 0. The minimum Gasteiger partial charge on any atom is -0.493 e. The minimum absolute atomic E-state index is 0.127. The first-order chi connectivity index (χ1) is 9.74. The third-order valence-corrected chi connectivity index (χ3v) is 3.23. The predicted molar refractivity (Wildman–Crippen MR) is 77.8 cm³/mol. The lowest BCUT2D eigenvalue weighted by atomic mass is 10.00. The molecule has 0 fully saturated rings. The van der Waals surface area contributed by atoms with Crippen LogP contribution in [0.3, 0.4) is 0 Å². The molecule has 0 unspecified atom stereocenters. The summed E-state index contributed by atoms with van der Waals surface area (Å²) in [5.41, 5.74) is 1.76. The molecule has 0 saturated heterocycles. The van der Waals surface area contributed by atoms with Crippen LogP contribution in [0, 0.1) is 0 Å². The molecule has 0 spiro atoms. The van der Waals surface area contributed by atoms with E-state index in [2.05, 4.69) is 6.92 Å². The molecule has 4 heteroatoms. The largest absolute Gasteiger partial charge is 0.493 e. The molecule has 0 radical (unpaired) electrons. The number of fused-ring (bicyclic) bond motifs is 1. The number of hydrogen-bond acceptors (Lipinski definition) is 4. The number of methoxy groups -OCH3 is 2. The minimum atomic E-state index is 0.127. The van der Waals surface area contributed by atoms with Gasteiger partial charge in [-0.25, -0.2) is 0 Å². The lowest BCUT2D eigenvalue weighted by molar-refractivity contribution is 0.0503. The highest BCUT2D eigenvalue weighted by molar-refractivity contribution is 6.03. The zero-order chi connectivity index (χ0) is 14.5. The van der Waals surface area contributed by atoms with Gasteiger partial charge in [0.05, 0.1) is 7.11 Å². The quantitative estimate of drug-likeness (QED) is 0.599. The molecule has 0 bridgehead atoms. The van der Waals surface area contributed by atoms with Crippen LogP contribution in [0.4, 0.5) is 0 Å². The van der Waals surface area contributed by atoms with Crippen LogP contribution in [0.15, 0.2) is 24.3 Å². The van der Waals surface area contributed by atoms with Crippen molar-refractivity contribution in [3.63, 3.8) is 0 Å². The van der Waals surface area contributed by atoms with Gasteiger partial charge >= 0.3 is 0 Å². The summed E-state index contributed by atoms with van der Waals surface area (Å²) in [4.78, 5) is 11.2. The summed E-state index contributed by atoms with van der Waals surface area (Å²) in [7, 11) is 3.12. The smallest absolute Gasteiger partial charge is 0.188 e. The summed E-state index contributed by atoms with van der Waals surface area (Å²) in [6.45, 7) is 2.21. The van der Waals surface area contributed by atoms with Crippen LogP contribution in [0.25, 0.3) is 10.8 Å². The van der Waals surface area contributed by atoms with Crippen LogP contribution < -0.4 is 9.47 Å². The van der Waals surface area contributed by atoms with Crippen LogP contribution in [0.1, 0.15) is 22.8 Å². The van der Waals surface area contributed by atoms with Crippen molar-refractivity contribution in [2.24, 2.45) is 0 Å². The standard InChI is InChI=1S/C16H18O4/c1-4-11-5-6-13-12(9-17)8-15(19-3)16(14(13)7-11)20-10-18-2/h5-9H,4,10H2,1-3H3. The Hall–Kier alpha value is -2.07. The SMILES string of the molecule is CCc1ccc2c(C=O)cc(OC)c(OCOC)c2c1. The molecule has 0 N–H and O–H groups in total. The number of carbonyl (C=O) groups is 1. The highest BCUT2D eigenvalue weighted by Crippen LogP contribution is 2.38. The second-order valence-electron chi connectivity index (χ2n) is 4.40. The van der Waals surface area contributed by atoms with E-state index in [4.69, 9.17) is 14.2 Å². The van der Waals surface area contributed by atoms with Gasteiger partial charge in [-0.3, -0.25) is 4.79 Å². The van der Waals surface area contributed by atoms with E-state index in [1.54, 1.807) is 20.3 Å². The molecule has 0 aliphatic carbocycles. The molecular formula is C16H18O4. The van der Waals surface area contributed by atoms with E-state index in [9.17, 15) is 4.79 Å². The Morgan fingerprint density at radius 1 is 1.15 bits per heavy atom. The molecular weight excluding hydrogens is 256 g/mol. The van der Waals surface area contributed by atoms with Gasteiger partial charge in [0.15, 0.2) is 24.6 Å². The summed E-state index contributed by atoms with van der Waals surface area (Å²) in [6.07, 6.45) is 1.74. The Balaban J connectivity index is 2.73. The van der Waals surface area contributed by atoms with E-state index >= 15 is 0 Å². The van der Waals surface area contributed by atoms with Gasteiger partial charge in [0.2, 0.25) is 0 Å². The molecule has 0 aliphatic heterocycles. The Kier molecular flexibility index (Phi) is 4.58. The Labute approximate surface area is 118 Å². The molecule has 4 nitrogen and oxygen atoms in total. The van der Waals surface area contributed by atoms with Gasteiger partial charge in [0.25, 0.3) is 0 Å². The first-order valence-electron chi connectivity index (χ1n) is 6.45. The van der Waals surface area contributed by atoms with Crippen LogP contribution in [-0.2, 0) is 11.2 Å². The molecule has 0 aromatic heterocycles. The molecule has 0 aliphatic rings. The van der Waals surface area contributed by atoms with Gasteiger partial charge in [-0.2, -0.15) is 0 Å². The average Bonchev–Trinajstić information content (AvgIpc) is 2.51. The Morgan fingerprint density at radius 2 is 1.95 bits per heavy atom. The highest BCUT2D eigenvalue weighted by Gasteiger charge is 2.14. The number of aryl methyl sites for hydroxylation is 1. The number of aldehydes is 1. The third kappa shape index (κ3) is 2.60. The Morgan fingerprint density at radius 3 is 2.55 bits per heavy atom. The summed E-state index contributed by atoms with van der Waals surface area (Å²) in [5.74, 6) is 1.13. The van der Waals surface area contributed by atoms with Gasteiger partial charge in [0.1, 0.15) is 0 Å². The maximum absolute atomic E-state index is 11.2. The van der Waals surface area contributed by atoms with Crippen molar-refractivity contribution in [2.75, 3.05) is 21.0 Å². The van der Waals surface area contributed by atoms with Gasteiger partial charge < -0.3 is 14.2 Å². The normalized spacial score (nSPS) is 10.6. The number of rotatable bonds is 6.